The number of hydrogen-bond acceptors (Lipinski definition) is 5. The molecule has 0 saturated carbocycles. The van der Waals surface area contributed by atoms with E-state index in [1.165, 1.54) is 7.11 Å². The van der Waals surface area contributed by atoms with Crippen molar-refractivity contribution in [3.05, 3.63) is 11.4 Å². The van der Waals surface area contributed by atoms with E-state index in [0.29, 0.717) is 18.7 Å². The Hall–Kier alpha value is -1.45. The number of ether oxygens (including phenoxy) is 1. The summed E-state index contributed by atoms with van der Waals surface area (Å²) in [5.41, 5.74) is 0.0971. The molecule has 1 amide bonds. The van der Waals surface area contributed by atoms with Crippen molar-refractivity contribution in [2.24, 2.45) is 5.14 Å². The number of rotatable bonds is 6. The predicted molar refractivity (Wildman–Crippen MR) is 63.5 cm³/mol. The Morgan fingerprint density at radius 1 is 1.56 bits per heavy atom. The number of aryl methyl sites for hydroxylation is 1. The Balaban J connectivity index is 3.03. The highest BCUT2D eigenvalue weighted by Crippen LogP contribution is 2.17. The molecule has 0 aromatic carbocycles. The van der Waals surface area contributed by atoms with Crippen LogP contribution in [-0.2, 0) is 21.2 Å². The van der Waals surface area contributed by atoms with Crippen LogP contribution in [0.1, 0.15) is 23.1 Å². The Morgan fingerprint density at radius 3 is 2.72 bits per heavy atom. The molecule has 0 aliphatic heterocycles. The smallest absolute Gasteiger partial charge is 0.273 e. The molecule has 0 fully saturated rings. The Labute approximate surface area is 105 Å². The molecule has 0 radical (unpaired) electrons. The number of amides is 1. The lowest BCUT2D eigenvalue weighted by molar-refractivity contribution is 0.0928. The molecule has 1 aromatic heterocycles. The number of nitrogens with one attached hydrogen (secondary N) is 2. The van der Waals surface area contributed by atoms with Crippen LogP contribution in [0.25, 0.3) is 0 Å². The first-order chi connectivity index (χ1) is 8.41. The molecular formula is C9H16N4O4S. The minimum absolute atomic E-state index is 0.217. The fraction of sp³-hybridized carbons (Fsp3) is 0.556. The summed E-state index contributed by atoms with van der Waals surface area (Å²) >= 11 is 0. The number of carbonyl (C=O) groups is 1. The Kier molecular flexibility index (Phi) is 4.82. The van der Waals surface area contributed by atoms with Crippen LogP contribution < -0.4 is 10.5 Å². The number of nitrogens with two attached hydrogens (primary N) is 1. The number of primary sulfonamides is 1. The fourth-order valence-corrected chi connectivity index (χ4v) is 2.36. The van der Waals surface area contributed by atoms with Crippen LogP contribution in [0.3, 0.4) is 0 Å². The van der Waals surface area contributed by atoms with Gasteiger partial charge in [0.25, 0.3) is 5.91 Å². The molecule has 0 unspecified atom stereocenters. The Bertz CT molecular complexity index is 523. The molecule has 102 valence electrons. The molecule has 0 saturated heterocycles. The summed E-state index contributed by atoms with van der Waals surface area (Å²) in [5.74, 6) is -0.605. The zero-order valence-corrected chi connectivity index (χ0v) is 11.0. The van der Waals surface area contributed by atoms with E-state index in [0.717, 1.165) is 0 Å². The second kappa shape index (κ2) is 5.94. The van der Waals surface area contributed by atoms with Crippen molar-refractivity contribution < 1.29 is 17.9 Å². The standard InChI is InChI=1S/C9H16N4O4S/c1-3-6-8(18(10,15)16)7(13-12-6)9(14)11-4-5-17-2/h3-5H2,1-2H3,(H,11,14)(H,12,13)(H2,10,15,16). The molecule has 0 bridgehead atoms. The van der Waals surface area contributed by atoms with Crippen molar-refractivity contribution in [2.75, 3.05) is 20.3 Å². The van der Waals surface area contributed by atoms with Gasteiger partial charge in [-0.2, -0.15) is 5.10 Å². The molecule has 1 aromatic rings. The van der Waals surface area contributed by atoms with Gasteiger partial charge >= 0.3 is 0 Å². The van der Waals surface area contributed by atoms with E-state index in [4.69, 9.17) is 9.88 Å². The summed E-state index contributed by atoms with van der Waals surface area (Å²) in [4.78, 5) is 11.5. The van der Waals surface area contributed by atoms with Gasteiger partial charge in [-0.1, -0.05) is 6.92 Å². The van der Waals surface area contributed by atoms with Crippen LogP contribution in [0.15, 0.2) is 4.90 Å². The summed E-state index contributed by atoms with van der Waals surface area (Å²) in [5, 5.41) is 13.8. The van der Waals surface area contributed by atoms with Crippen LogP contribution in [0.2, 0.25) is 0 Å². The maximum atomic E-state index is 11.7. The average molecular weight is 276 g/mol. The molecule has 0 aliphatic carbocycles. The number of sulfonamides is 1. The summed E-state index contributed by atoms with van der Waals surface area (Å²) in [6.45, 7) is 2.31. The largest absolute Gasteiger partial charge is 0.383 e. The number of carbonyl (C=O) groups excluding carboxylic acids is 1. The normalized spacial score (nSPS) is 11.5. The van der Waals surface area contributed by atoms with E-state index < -0.39 is 15.9 Å². The lowest BCUT2D eigenvalue weighted by atomic mass is 10.3. The van der Waals surface area contributed by atoms with Crippen molar-refractivity contribution in [1.29, 1.82) is 0 Å². The SMILES string of the molecule is CCc1[nH]nc(C(=O)NCCOC)c1S(N)(=O)=O. The molecule has 18 heavy (non-hydrogen) atoms. The highest BCUT2D eigenvalue weighted by molar-refractivity contribution is 7.89. The first-order valence-corrected chi connectivity index (χ1v) is 6.83. The molecule has 1 rings (SSSR count). The minimum atomic E-state index is -3.99. The number of aromatic amines is 1. The monoisotopic (exact) mass is 276 g/mol. The lowest BCUT2D eigenvalue weighted by Crippen LogP contribution is -2.29. The van der Waals surface area contributed by atoms with Crippen molar-refractivity contribution >= 4 is 15.9 Å². The predicted octanol–water partition coefficient (Wildman–Crippen LogP) is -1.00. The minimum Gasteiger partial charge on any atom is -0.383 e. The van der Waals surface area contributed by atoms with E-state index in [2.05, 4.69) is 15.5 Å². The molecule has 9 heteroatoms. The van der Waals surface area contributed by atoms with E-state index in [1.807, 2.05) is 0 Å². The van der Waals surface area contributed by atoms with Crippen LogP contribution in [-0.4, -0.2) is 44.8 Å². The average Bonchev–Trinajstić information content (AvgIpc) is 2.72. The molecule has 4 N–H and O–H groups in total. The van der Waals surface area contributed by atoms with Gasteiger partial charge in [-0.15, -0.1) is 0 Å². The Morgan fingerprint density at radius 2 is 2.22 bits per heavy atom. The van der Waals surface area contributed by atoms with Gasteiger partial charge in [0, 0.05) is 13.7 Å². The van der Waals surface area contributed by atoms with Crippen LogP contribution >= 0.6 is 0 Å². The summed E-state index contributed by atoms with van der Waals surface area (Å²) < 4.78 is 27.7. The van der Waals surface area contributed by atoms with Gasteiger partial charge in [0.15, 0.2) is 5.69 Å². The van der Waals surface area contributed by atoms with Crippen LogP contribution in [0, 0.1) is 0 Å². The maximum absolute atomic E-state index is 11.7. The molecule has 0 spiro atoms. The number of H-pyrrole nitrogens is 1. The molecule has 1 heterocycles. The second-order valence-electron chi connectivity index (χ2n) is 3.53. The third kappa shape index (κ3) is 3.28. The highest BCUT2D eigenvalue weighted by Gasteiger charge is 2.26. The van der Waals surface area contributed by atoms with E-state index in [1.54, 1.807) is 6.92 Å². The van der Waals surface area contributed by atoms with Crippen LogP contribution in [0.4, 0.5) is 0 Å². The number of hydrogen-bond donors (Lipinski definition) is 3. The highest BCUT2D eigenvalue weighted by atomic mass is 32.2. The maximum Gasteiger partial charge on any atom is 0.273 e. The lowest BCUT2D eigenvalue weighted by Gasteiger charge is -2.04. The zero-order valence-electron chi connectivity index (χ0n) is 10.2. The number of aromatic nitrogens is 2. The first kappa shape index (κ1) is 14.6. The van der Waals surface area contributed by atoms with E-state index >= 15 is 0 Å². The first-order valence-electron chi connectivity index (χ1n) is 5.29. The quantitative estimate of drug-likeness (QED) is 0.574. The second-order valence-corrected chi connectivity index (χ2v) is 5.03. The van der Waals surface area contributed by atoms with Gasteiger partial charge in [-0.3, -0.25) is 9.89 Å². The summed E-state index contributed by atoms with van der Waals surface area (Å²) in [6, 6.07) is 0. The van der Waals surface area contributed by atoms with E-state index in [-0.39, 0.29) is 17.1 Å². The van der Waals surface area contributed by atoms with Crippen molar-refractivity contribution in [1.82, 2.24) is 15.5 Å². The topological polar surface area (TPSA) is 127 Å². The van der Waals surface area contributed by atoms with Crippen molar-refractivity contribution in [3.63, 3.8) is 0 Å². The number of nitrogens with zero attached hydrogens (tertiary/aromatic N) is 1. The fourth-order valence-electron chi connectivity index (χ4n) is 1.42. The molecule has 8 nitrogen and oxygen atoms in total. The van der Waals surface area contributed by atoms with Gasteiger partial charge in [0.05, 0.1) is 12.3 Å². The van der Waals surface area contributed by atoms with Gasteiger partial charge in [-0.25, -0.2) is 13.6 Å². The summed E-state index contributed by atoms with van der Waals surface area (Å²) in [6.07, 6.45) is 0.379. The van der Waals surface area contributed by atoms with Gasteiger partial charge in [0.1, 0.15) is 4.90 Å². The van der Waals surface area contributed by atoms with Gasteiger partial charge < -0.3 is 10.1 Å². The summed E-state index contributed by atoms with van der Waals surface area (Å²) in [7, 11) is -2.50. The third-order valence-electron chi connectivity index (χ3n) is 2.24. The van der Waals surface area contributed by atoms with Crippen molar-refractivity contribution in [3.8, 4) is 0 Å². The van der Waals surface area contributed by atoms with Crippen LogP contribution in [0.5, 0.6) is 0 Å². The number of methoxy groups -OCH3 is 1. The third-order valence-corrected chi connectivity index (χ3v) is 3.25. The molecule has 0 aliphatic rings. The van der Waals surface area contributed by atoms with Gasteiger partial charge in [-0.05, 0) is 6.42 Å². The van der Waals surface area contributed by atoms with E-state index in [9.17, 15) is 13.2 Å². The molecule has 0 atom stereocenters. The zero-order chi connectivity index (χ0) is 13.8. The van der Waals surface area contributed by atoms with Gasteiger partial charge in [0.2, 0.25) is 10.0 Å². The van der Waals surface area contributed by atoms with Crippen molar-refractivity contribution in [2.45, 2.75) is 18.2 Å². The molecular weight excluding hydrogens is 260 g/mol.